The Hall–Kier alpha value is -5.26. The van der Waals surface area contributed by atoms with E-state index in [-0.39, 0.29) is 28.5 Å². The maximum Gasteiger partial charge on any atom is 0.264 e. The van der Waals surface area contributed by atoms with Gasteiger partial charge in [0.2, 0.25) is 0 Å². The number of anilines is 6. The van der Waals surface area contributed by atoms with Gasteiger partial charge in [-0.25, -0.2) is 0 Å². The van der Waals surface area contributed by atoms with Gasteiger partial charge < -0.3 is 14.4 Å². The minimum Gasteiger partial charge on any atom is -0.335 e. The molecule has 0 N–H and O–H groups in total. The zero-order chi connectivity index (χ0) is 44.3. The minimum atomic E-state index is -0.117. The topological polar surface area (TPSA) is 11.4 Å². The van der Waals surface area contributed by atoms with Crippen molar-refractivity contribution in [3.05, 3.63) is 137 Å². The Balaban J connectivity index is 1.29. The Kier molecular flexibility index (Phi) is 8.61. The van der Waals surface area contributed by atoms with Gasteiger partial charge in [0.05, 0.1) is 11.2 Å². The molecule has 63 heavy (non-hydrogen) atoms. The molecule has 318 valence electrons. The minimum absolute atomic E-state index is 0.0200. The molecule has 3 aliphatic rings. The van der Waals surface area contributed by atoms with Crippen molar-refractivity contribution in [3.8, 4) is 0 Å². The highest BCUT2D eigenvalue weighted by molar-refractivity contribution is 7.33. The van der Waals surface area contributed by atoms with Gasteiger partial charge in [0.1, 0.15) is 0 Å². The highest BCUT2D eigenvalue weighted by atomic mass is 32.1. The second kappa shape index (κ2) is 13.4. The molecule has 2 aromatic heterocycles. The Morgan fingerprint density at radius 1 is 0.540 bits per heavy atom. The second-order valence-electron chi connectivity index (χ2n) is 23.1. The summed E-state index contributed by atoms with van der Waals surface area (Å²) in [5, 5.41) is 4.22. The van der Waals surface area contributed by atoms with Crippen LogP contribution in [0.1, 0.15) is 123 Å². The molecule has 6 aromatic carbocycles. The van der Waals surface area contributed by atoms with Crippen molar-refractivity contribution in [1.82, 2.24) is 4.57 Å². The fourth-order valence-electron chi connectivity index (χ4n) is 11.3. The first-order valence-electron chi connectivity index (χ1n) is 23.3. The van der Waals surface area contributed by atoms with Crippen LogP contribution >= 0.6 is 11.3 Å². The van der Waals surface area contributed by atoms with E-state index in [2.05, 4.69) is 208 Å². The number of aryl methyl sites for hydroxylation is 3. The van der Waals surface area contributed by atoms with Crippen molar-refractivity contribution in [2.75, 3.05) is 9.80 Å². The van der Waals surface area contributed by atoms with Crippen LogP contribution in [0.15, 0.2) is 103 Å². The van der Waals surface area contributed by atoms with Crippen LogP contribution in [-0.2, 0) is 34.6 Å². The molecule has 0 bridgehead atoms. The zero-order valence-corrected chi connectivity index (χ0v) is 40.6. The third kappa shape index (κ3) is 6.12. The van der Waals surface area contributed by atoms with Gasteiger partial charge in [-0.05, 0) is 168 Å². The van der Waals surface area contributed by atoms with E-state index in [0.29, 0.717) is 0 Å². The van der Waals surface area contributed by atoms with Gasteiger partial charge in [0, 0.05) is 65.1 Å². The molecule has 3 nitrogen and oxygen atoms in total. The first-order valence-corrected chi connectivity index (χ1v) is 24.2. The maximum absolute atomic E-state index is 2.66. The summed E-state index contributed by atoms with van der Waals surface area (Å²) in [4.78, 5) is 5.26. The van der Waals surface area contributed by atoms with E-state index in [1.165, 1.54) is 122 Å². The van der Waals surface area contributed by atoms with Crippen LogP contribution in [0, 0.1) is 6.92 Å². The molecule has 0 fully saturated rings. The van der Waals surface area contributed by atoms with Crippen molar-refractivity contribution in [1.29, 1.82) is 0 Å². The Labute approximate surface area is 379 Å². The van der Waals surface area contributed by atoms with Crippen molar-refractivity contribution in [2.24, 2.45) is 0 Å². The van der Waals surface area contributed by atoms with Crippen LogP contribution in [0.5, 0.6) is 0 Å². The van der Waals surface area contributed by atoms with E-state index < -0.39 is 0 Å². The molecule has 0 unspecified atom stereocenters. The molecule has 0 spiro atoms. The Bertz CT molecular complexity index is 3190. The summed E-state index contributed by atoms with van der Waals surface area (Å²) < 4.78 is 5.43. The van der Waals surface area contributed by atoms with Crippen LogP contribution in [0.25, 0.3) is 31.9 Å². The van der Waals surface area contributed by atoms with Gasteiger partial charge in [0.25, 0.3) is 6.71 Å². The number of thiophene rings is 1. The standard InChI is InChI=1S/C58H62BN3S/c1-34-29-48-52-49(30-34)61(40-25-20-37(21-26-40)56(5,6)7)53-43-31-38(57(8,9)10)22-28-50(43)63-54(53)59(52)44-32-42-46(33-47(44)60(48)39-23-18-36(19-24-39)55(2,3)4)62(58(11,12)13)45-27-17-35-15-14-16-41(35)51(42)45/h17-33H,14-16H2,1-13H3. The molecular weight excluding hydrogens is 782 g/mol. The summed E-state index contributed by atoms with van der Waals surface area (Å²) in [6, 6.07) is 41.3. The number of hydrogen-bond acceptors (Lipinski definition) is 3. The normalized spacial score (nSPS) is 15.1. The molecule has 0 radical (unpaired) electrons. The van der Waals surface area contributed by atoms with Gasteiger partial charge in [-0.1, -0.05) is 105 Å². The Morgan fingerprint density at radius 3 is 1.73 bits per heavy atom. The van der Waals surface area contributed by atoms with E-state index in [9.17, 15) is 0 Å². The molecule has 2 aliphatic heterocycles. The SMILES string of the molecule is Cc1cc2c3c(c1)N(c1ccc(C(C)(C)C)cc1)c1c(sc4ccc(C(C)(C)C)cc14)B3c1cc3c4c5c(ccc4n(C(C)(C)C)c3cc1N2c1ccc(C(C)(C)C)cc1)CCC5. The summed E-state index contributed by atoms with van der Waals surface area (Å²) in [7, 11) is 0. The summed E-state index contributed by atoms with van der Waals surface area (Å²) in [5.74, 6) is 0. The average molecular weight is 844 g/mol. The van der Waals surface area contributed by atoms with Crippen molar-refractivity contribution < 1.29 is 0 Å². The third-order valence-corrected chi connectivity index (χ3v) is 15.7. The van der Waals surface area contributed by atoms with E-state index in [1.54, 1.807) is 5.56 Å². The predicted octanol–water partition coefficient (Wildman–Crippen LogP) is 14.5. The van der Waals surface area contributed by atoms with E-state index in [1.807, 2.05) is 11.3 Å². The molecule has 4 heterocycles. The Morgan fingerprint density at radius 2 is 1.13 bits per heavy atom. The molecule has 0 amide bonds. The number of rotatable bonds is 2. The molecule has 8 aromatic rings. The van der Waals surface area contributed by atoms with E-state index in [0.717, 1.165) is 6.42 Å². The molecule has 1 aliphatic carbocycles. The van der Waals surface area contributed by atoms with Crippen molar-refractivity contribution >= 4 is 99.8 Å². The van der Waals surface area contributed by atoms with Crippen molar-refractivity contribution in [2.45, 2.75) is 131 Å². The summed E-state index contributed by atoms with van der Waals surface area (Å²) in [6.07, 6.45) is 3.55. The number of hydrogen-bond donors (Lipinski definition) is 0. The van der Waals surface area contributed by atoms with E-state index >= 15 is 0 Å². The smallest absolute Gasteiger partial charge is 0.264 e. The molecule has 11 rings (SSSR count). The number of benzene rings is 6. The van der Waals surface area contributed by atoms with Crippen LogP contribution in [0.3, 0.4) is 0 Å². The highest BCUT2D eigenvalue weighted by Crippen LogP contribution is 2.50. The predicted molar refractivity (Wildman–Crippen MR) is 277 cm³/mol. The van der Waals surface area contributed by atoms with Gasteiger partial charge in [-0.2, -0.15) is 0 Å². The quantitative estimate of drug-likeness (QED) is 0.161. The van der Waals surface area contributed by atoms with Crippen LogP contribution in [0.2, 0.25) is 0 Å². The summed E-state index contributed by atoms with van der Waals surface area (Å²) >= 11 is 2.01. The first-order chi connectivity index (χ1) is 29.7. The van der Waals surface area contributed by atoms with Crippen molar-refractivity contribution in [3.63, 3.8) is 0 Å². The summed E-state index contributed by atoms with van der Waals surface area (Å²) in [6.45, 7) is 30.4. The van der Waals surface area contributed by atoms with Crippen LogP contribution in [-0.4, -0.2) is 11.3 Å². The maximum atomic E-state index is 2.66. The monoisotopic (exact) mass is 843 g/mol. The summed E-state index contributed by atoms with van der Waals surface area (Å²) in [5.41, 5.74) is 21.5. The molecule has 0 atom stereocenters. The lowest BCUT2D eigenvalue weighted by atomic mass is 9.36. The third-order valence-electron chi connectivity index (χ3n) is 14.5. The van der Waals surface area contributed by atoms with E-state index in [4.69, 9.17) is 0 Å². The molecule has 5 heteroatoms. The molecule has 0 saturated heterocycles. The molecule has 0 saturated carbocycles. The molecular formula is C58H62BN3S. The van der Waals surface area contributed by atoms with Gasteiger partial charge in [0.15, 0.2) is 0 Å². The lowest BCUT2D eigenvalue weighted by Crippen LogP contribution is -2.60. The number of aromatic nitrogens is 1. The van der Waals surface area contributed by atoms with Crippen LogP contribution in [0.4, 0.5) is 34.1 Å². The lowest BCUT2D eigenvalue weighted by molar-refractivity contribution is 0.423. The second-order valence-corrected chi connectivity index (χ2v) is 24.2. The highest BCUT2D eigenvalue weighted by Gasteiger charge is 2.46. The fraction of sp³-hybridized carbons (Fsp3) is 0.345. The number of nitrogens with zero attached hydrogens (tertiary/aromatic N) is 3. The van der Waals surface area contributed by atoms with Gasteiger partial charge in [-0.3, -0.25) is 0 Å². The van der Waals surface area contributed by atoms with Gasteiger partial charge >= 0.3 is 0 Å². The fourth-order valence-corrected chi connectivity index (χ4v) is 12.6. The average Bonchev–Trinajstić information content (AvgIpc) is 3.93. The van der Waals surface area contributed by atoms with Crippen LogP contribution < -0.4 is 25.5 Å². The lowest BCUT2D eigenvalue weighted by Gasteiger charge is -2.43. The first kappa shape index (κ1) is 40.5. The number of fused-ring (bicyclic) bond motifs is 11. The van der Waals surface area contributed by atoms with Gasteiger partial charge in [-0.15, -0.1) is 11.3 Å². The largest absolute Gasteiger partial charge is 0.335 e. The zero-order valence-electron chi connectivity index (χ0n) is 39.8.